The fraction of sp³-hybridized carbons (Fsp3) is 0.545. The Hall–Kier alpha value is -3.51. The summed E-state index contributed by atoms with van der Waals surface area (Å²) in [4.78, 5) is 40.0. The zero-order valence-corrected chi connectivity index (χ0v) is 27.2. The van der Waals surface area contributed by atoms with Crippen LogP contribution in [0.15, 0.2) is 42.5 Å². The Morgan fingerprint density at radius 3 is 2.36 bits per heavy atom. The fourth-order valence-electron chi connectivity index (χ4n) is 5.81. The summed E-state index contributed by atoms with van der Waals surface area (Å²) < 4.78 is 42.8. The van der Waals surface area contributed by atoms with Crippen molar-refractivity contribution in [1.29, 1.82) is 0 Å². The zero-order valence-electron chi connectivity index (χ0n) is 26.4. The smallest absolute Gasteiger partial charge is 0.255 e. The first-order valence-electron chi connectivity index (χ1n) is 16.0. The number of nitrogens with one attached hydrogen (secondary N) is 4. The number of nitrogens with zero attached hydrogens (tertiary/aromatic N) is 1. The first kappa shape index (κ1) is 34.4. The summed E-state index contributed by atoms with van der Waals surface area (Å²) in [6, 6.07) is 10.3. The minimum Gasteiger partial charge on any atom is -0.383 e. The Morgan fingerprint density at radius 2 is 1.69 bits per heavy atom. The van der Waals surface area contributed by atoms with E-state index in [4.69, 9.17) is 0 Å². The number of amides is 2. The van der Waals surface area contributed by atoms with E-state index in [2.05, 4.69) is 21.3 Å². The summed E-state index contributed by atoms with van der Waals surface area (Å²) in [5, 5.41) is 11.9. The third kappa shape index (κ3) is 9.49. The third-order valence-electron chi connectivity index (χ3n) is 8.28. The number of sulfonamides is 1. The molecule has 4 N–H and O–H groups in total. The molecule has 1 unspecified atom stereocenters. The Balaban J connectivity index is 1.55. The van der Waals surface area contributed by atoms with Crippen molar-refractivity contribution >= 4 is 39.0 Å². The number of benzene rings is 2. The van der Waals surface area contributed by atoms with Crippen LogP contribution in [0.3, 0.4) is 0 Å². The maximum atomic E-state index is 16.0. The minimum absolute atomic E-state index is 0.0760. The van der Waals surface area contributed by atoms with E-state index in [1.165, 1.54) is 18.6 Å². The van der Waals surface area contributed by atoms with E-state index < -0.39 is 33.8 Å². The molecule has 0 radical (unpaired) electrons. The molecule has 1 heterocycles. The van der Waals surface area contributed by atoms with Crippen LogP contribution in [0.25, 0.3) is 0 Å². The summed E-state index contributed by atoms with van der Waals surface area (Å²) in [5.74, 6) is -2.47. The quantitative estimate of drug-likeness (QED) is 0.260. The largest absolute Gasteiger partial charge is 0.383 e. The highest BCUT2D eigenvalue weighted by molar-refractivity contribution is 7.92. The van der Waals surface area contributed by atoms with Crippen molar-refractivity contribution in [1.82, 2.24) is 16.0 Å². The van der Waals surface area contributed by atoms with Crippen molar-refractivity contribution in [3.05, 3.63) is 59.4 Å². The van der Waals surface area contributed by atoms with Gasteiger partial charge >= 0.3 is 0 Å². The van der Waals surface area contributed by atoms with Gasteiger partial charge in [-0.15, -0.1) is 0 Å². The van der Waals surface area contributed by atoms with Crippen molar-refractivity contribution in [2.75, 3.05) is 28.5 Å². The van der Waals surface area contributed by atoms with E-state index in [1.54, 1.807) is 6.92 Å². The molecule has 2 amide bonds. The number of rotatable bonds is 13. The fourth-order valence-corrected chi connectivity index (χ4v) is 7.43. The van der Waals surface area contributed by atoms with Crippen LogP contribution in [0.1, 0.15) is 81.6 Å². The molecule has 1 saturated carbocycles. The van der Waals surface area contributed by atoms with Gasteiger partial charge in [0.05, 0.1) is 35.6 Å². The molecule has 4 rings (SSSR count). The summed E-state index contributed by atoms with van der Waals surface area (Å²) in [7, 11) is -3.76. The van der Waals surface area contributed by atoms with Gasteiger partial charge in [-0.2, -0.15) is 0 Å². The van der Waals surface area contributed by atoms with Crippen molar-refractivity contribution in [3.63, 3.8) is 0 Å². The van der Waals surface area contributed by atoms with Crippen molar-refractivity contribution < 1.29 is 27.2 Å². The second kappa shape index (κ2) is 15.7. The lowest BCUT2D eigenvalue weighted by Crippen LogP contribution is -2.51. The van der Waals surface area contributed by atoms with E-state index in [-0.39, 0.29) is 60.3 Å². The lowest BCUT2D eigenvalue weighted by Gasteiger charge is -2.30. The molecule has 1 saturated heterocycles. The molecule has 2 fully saturated rings. The number of anilines is 2. The molecule has 2 atom stereocenters. The van der Waals surface area contributed by atoms with Crippen LogP contribution in [0.2, 0.25) is 0 Å². The second-order valence-electron chi connectivity index (χ2n) is 12.4. The average Bonchev–Trinajstić information content (AvgIpc) is 3.00. The summed E-state index contributed by atoms with van der Waals surface area (Å²) in [5.41, 5.74) is 0.610. The molecule has 2 aliphatic rings. The van der Waals surface area contributed by atoms with E-state index in [9.17, 15) is 22.8 Å². The van der Waals surface area contributed by atoms with Gasteiger partial charge in [0.2, 0.25) is 15.9 Å². The van der Waals surface area contributed by atoms with E-state index in [0.717, 1.165) is 35.6 Å². The number of hydrogen-bond donors (Lipinski definition) is 4. The van der Waals surface area contributed by atoms with Gasteiger partial charge in [-0.1, -0.05) is 49.6 Å². The second-order valence-corrected chi connectivity index (χ2v) is 14.4. The van der Waals surface area contributed by atoms with Gasteiger partial charge in [-0.3, -0.25) is 24.0 Å². The molecule has 0 bridgehead atoms. The van der Waals surface area contributed by atoms with Crippen LogP contribution in [0.4, 0.5) is 15.8 Å². The molecular formula is C33H46FN5O5S. The average molecular weight is 644 g/mol. The highest BCUT2D eigenvalue weighted by atomic mass is 32.2. The van der Waals surface area contributed by atoms with E-state index in [1.807, 2.05) is 44.2 Å². The highest BCUT2D eigenvalue weighted by Gasteiger charge is 2.32. The Morgan fingerprint density at radius 1 is 0.978 bits per heavy atom. The molecule has 12 heteroatoms. The predicted octanol–water partition coefficient (Wildman–Crippen LogP) is 3.91. The molecule has 1 aliphatic heterocycles. The number of carbonyl (C=O) groups is 3. The standard InChI is InChI=1S/C33H46FN5O5S/c1-22(2)36-26-19-27(31(34)29(20-26)39-16-10-11-17-45(39,43)44)33(42)38-28(18-24-12-6-4-7-13-24)30(40)21-35-23(3)32(41)37-25-14-8-5-9-15-25/h4,6-7,12-13,19-20,22-23,25,28,35-36H,5,8-11,14-18,21H2,1-3H3,(H,37,41)(H,38,42)/t23-,28?/m0/s1. The summed E-state index contributed by atoms with van der Waals surface area (Å²) >= 11 is 0. The molecule has 0 aromatic heterocycles. The number of halogens is 1. The molecule has 2 aromatic rings. The Kier molecular flexibility index (Phi) is 12.0. The van der Waals surface area contributed by atoms with Gasteiger partial charge in [0, 0.05) is 24.3 Å². The third-order valence-corrected chi connectivity index (χ3v) is 10.1. The molecule has 0 spiro atoms. The Labute approximate surface area is 266 Å². The van der Waals surface area contributed by atoms with Gasteiger partial charge in [0.15, 0.2) is 11.6 Å². The van der Waals surface area contributed by atoms with Gasteiger partial charge in [-0.05, 0) is 70.6 Å². The number of hydrogen-bond acceptors (Lipinski definition) is 7. The maximum Gasteiger partial charge on any atom is 0.255 e. The molecule has 45 heavy (non-hydrogen) atoms. The maximum absolute atomic E-state index is 16.0. The monoisotopic (exact) mass is 643 g/mol. The highest BCUT2D eigenvalue weighted by Crippen LogP contribution is 2.32. The predicted molar refractivity (Wildman–Crippen MR) is 174 cm³/mol. The van der Waals surface area contributed by atoms with Crippen LogP contribution < -0.4 is 25.6 Å². The lowest BCUT2D eigenvalue weighted by atomic mass is 9.95. The Bertz CT molecular complexity index is 1450. The van der Waals surface area contributed by atoms with Crippen LogP contribution >= 0.6 is 0 Å². The van der Waals surface area contributed by atoms with Crippen LogP contribution in [0.5, 0.6) is 0 Å². The van der Waals surface area contributed by atoms with Gasteiger partial charge in [-0.25, -0.2) is 12.8 Å². The molecule has 246 valence electrons. The zero-order chi connectivity index (χ0) is 32.6. The first-order valence-corrected chi connectivity index (χ1v) is 17.6. The lowest BCUT2D eigenvalue weighted by molar-refractivity contribution is -0.124. The van der Waals surface area contributed by atoms with Gasteiger partial charge < -0.3 is 16.0 Å². The number of ketones is 1. The topological polar surface area (TPSA) is 137 Å². The summed E-state index contributed by atoms with van der Waals surface area (Å²) in [6.45, 7) is 5.36. The van der Waals surface area contributed by atoms with Gasteiger partial charge in [0.25, 0.3) is 5.91 Å². The molecule has 1 aliphatic carbocycles. The van der Waals surface area contributed by atoms with Crippen LogP contribution in [0, 0.1) is 5.82 Å². The van der Waals surface area contributed by atoms with Gasteiger partial charge in [0.1, 0.15) is 0 Å². The van der Waals surface area contributed by atoms with E-state index >= 15 is 4.39 Å². The first-order chi connectivity index (χ1) is 21.4. The van der Waals surface area contributed by atoms with Crippen molar-refractivity contribution in [2.24, 2.45) is 0 Å². The van der Waals surface area contributed by atoms with Crippen molar-refractivity contribution in [2.45, 2.75) is 96.3 Å². The van der Waals surface area contributed by atoms with Crippen molar-refractivity contribution in [3.8, 4) is 0 Å². The SMILES string of the molecule is CC(C)Nc1cc(C(=O)NC(Cc2ccccc2)C(=O)CN[C@@H](C)C(=O)NC2CCCCC2)c(F)c(N2CCCCS2(=O)=O)c1. The van der Waals surface area contributed by atoms with Crippen LogP contribution in [-0.4, -0.2) is 69.0 Å². The molecule has 2 aromatic carbocycles. The van der Waals surface area contributed by atoms with Crippen LogP contribution in [-0.2, 0) is 26.0 Å². The van der Waals surface area contributed by atoms with E-state index in [0.29, 0.717) is 18.5 Å². The molecular weight excluding hydrogens is 597 g/mol. The number of Topliss-reactive ketones (excluding diaryl/α,β-unsaturated/α-hetero) is 1. The number of carbonyl (C=O) groups excluding carboxylic acids is 3. The summed E-state index contributed by atoms with van der Waals surface area (Å²) in [6.07, 6.45) is 6.42. The minimum atomic E-state index is -3.76. The normalized spacial score (nSPS) is 18.2. The molecule has 10 nitrogen and oxygen atoms in total.